The van der Waals surface area contributed by atoms with Crippen molar-refractivity contribution in [2.75, 3.05) is 6.79 Å². The molecule has 0 aromatic rings. The summed E-state index contributed by atoms with van der Waals surface area (Å²) in [5, 5.41) is 16.9. The monoisotopic (exact) mass is 185 g/mol. The predicted molar refractivity (Wildman–Crippen MR) is 41.7 cm³/mol. The van der Waals surface area contributed by atoms with Crippen LogP contribution in [0.5, 0.6) is 0 Å². The number of carboxylic acids is 1. The second-order valence-electron chi connectivity index (χ2n) is 2.89. The topological polar surface area (TPSA) is 79.6 Å². The van der Waals surface area contributed by atoms with Crippen LogP contribution in [0, 0.1) is 11.3 Å². The highest BCUT2D eigenvalue weighted by atomic mass is 16.7. The molecule has 1 N–H and O–H groups in total. The van der Waals surface area contributed by atoms with E-state index in [9.17, 15) is 4.79 Å². The standard InChI is InChI=1S/C8H11NO4/c9-2-1-6-3-7(4-8(10)11)13-5-12-6/h6-7H,1,3-5H2,(H,10,11)/t6-,7-/m1/s1. The van der Waals surface area contributed by atoms with E-state index in [0.29, 0.717) is 12.8 Å². The first-order chi connectivity index (χ1) is 6.22. The Bertz CT molecular complexity index is 223. The fraction of sp³-hybridized carbons (Fsp3) is 0.750. The molecular weight excluding hydrogens is 174 g/mol. The fourth-order valence-electron chi connectivity index (χ4n) is 1.24. The molecule has 5 heteroatoms. The molecule has 0 unspecified atom stereocenters. The minimum atomic E-state index is -0.886. The van der Waals surface area contributed by atoms with Gasteiger partial charge in [0.25, 0.3) is 0 Å². The number of carboxylic acid groups (broad SMARTS) is 1. The molecule has 1 aliphatic rings. The van der Waals surface area contributed by atoms with E-state index in [2.05, 4.69) is 0 Å². The third-order valence-electron chi connectivity index (χ3n) is 1.85. The van der Waals surface area contributed by atoms with E-state index >= 15 is 0 Å². The van der Waals surface area contributed by atoms with Gasteiger partial charge in [0, 0.05) is 6.42 Å². The van der Waals surface area contributed by atoms with Crippen molar-refractivity contribution in [3.05, 3.63) is 0 Å². The van der Waals surface area contributed by atoms with E-state index in [0.717, 1.165) is 0 Å². The highest BCUT2D eigenvalue weighted by molar-refractivity contribution is 5.67. The number of nitrogens with zero attached hydrogens (tertiary/aromatic N) is 1. The van der Waals surface area contributed by atoms with Gasteiger partial charge in [-0.05, 0) is 0 Å². The molecule has 1 aliphatic heterocycles. The molecule has 0 bridgehead atoms. The van der Waals surface area contributed by atoms with Crippen molar-refractivity contribution in [2.24, 2.45) is 0 Å². The summed E-state index contributed by atoms with van der Waals surface area (Å²) in [6.07, 6.45) is 0.262. The van der Waals surface area contributed by atoms with Crippen LogP contribution in [0.1, 0.15) is 19.3 Å². The minimum absolute atomic E-state index is 0.0225. The fourth-order valence-corrected chi connectivity index (χ4v) is 1.24. The van der Waals surface area contributed by atoms with Gasteiger partial charge in [0.2, 0.25) is 0 Å². The van der Waals surface area contributed by atoms with Gasteiger partial charge in [-0.1, -0.05) is 0 Å². The van der Waals surface area contributed by atoms with Crippen molar-refractivity contribution in [2.45, 2.75) is 31.5 Å². The van der Waals surface area contributed by atoms with E-state index in [1.54, 1.807) is 0 Å². The van der Waals surface area contributed by atoms with Gasteiger partial charge < -0.3 is 14.6 Å². The van der Waals surface area contributed by atoms with Crippen molar-refractivity contribution in [1.29, 1.82) is 5.26 Å². The van der Waals surface area contributed by atoms with E-state index in [1.165, 1.54) is 0 Å². The van der Waals surface area contributed by atoms with Gasteiger partial charge in [0.05, 0.1) is 31.1 Å². The van der Waals surface area contributed by atoms with Crippen molar-refractivity contribution < 1.29 is 19.4 Å². The van der Waals surface area contributed by atoms with Crippen LogP contribution in [0.15, 0.2) is 0 Å². The second kappa shape index (κ2) is 4.80. The number of aliphatic carboxylic acids is 1. The maximum absolute atomic E-state index is 10.3. The molecule has 1 heterocycles. The summed E-state index contributed by atoms with van der Waals surface area (Å²) >= 11 is 0. The van der Waals surface area contributed by atoms with E-state index in [4.69, 9.17) is 19.8 Å². The third kappa shape index (κ3) is 3.40. The van der Waals surface area contributed by atoms with E-state index < -0.39 is 5.97 Å². The van der Waals surface area contributed by atoms with Crippen LogP contribution in [0.4, 0.5) is 0 Å². The zero-order valence-electron chi connectivity index (χ0n) is 7.10. The molecule has 1 fully saturated rings. The maximum Gasteiger partial charge on any atom is 0.305 e. The molecule has 0 saturated carbocycles. The molecule has 0 spiro atoms. The van der Waals surface area contributed by atoms with Gasteiger partial charge in [-0.25, -0.2) is 0 Å². The first-order valence-corrected chi connectivity index (χ1v) is 4.04. The Morgan fingerprint density at radius 3 is 2.85 bits per heavy atom. The molecule has 72 valence electrons. The van der Waals surface area contributed by atoms with Gasteiger partial charge in [-0.2, -0.15) is 5.26 Å². The first kappa shape index (κ1) is 9.96. The smallest absolute Gasteiger partial charge is 0.305 e. The Balaban J connectivity index is 2.33. The molecule has 1 saturated heterocycles. The van der Waals surface area contributed by atoms with Crippen LogP contribution in [-0.2, 0) is 14.3 Å². The molecule has 13 heavy (non-hydrogen) atoms. The molecule has 0 aromatic heterocycles. The lowest BCUT2D eigenvalue weighted by molar-refractivity contribution is -0.180. The minimum Gasteiger partial charge on any atom is -0.481 e. The molecule has 2 atom stereocenters. The van der Waals surface area contributed by atoms with Gasteiger partial charge in [-0.15, -0.1) is 0 Å². The molecule has 0 aliphatic carbocycles. The summed E-state index contributed by atoms with van der Waals surface area (Å²) in [4.78, 5) is 10.3. The molecule has 0 amide bonds. The van der Waals surface area contributed by atoms with Crippen LogP contribution in [0.3, 0.4) is 0 Å². The Kier molecular flexibility index (Phi) is 3.68. The zero-order valence-corrected chi connectivity index (χ0v) is 7.10. The molecule has 1 rings (SSSR count). The number of ether oxygens (including phenoxy) is 2. The lowest BCUT2D eigenvalue weighted by Gasteiger charge is -2.27. The Labute approximate surface area is 75.9 Å². The molecule has 0 radical (unpaired) electrons. The first-order valence-electron chi connectivity index (χ1n) is 4.04. The van der Waals surface area contributed by atoms with Crippen molar-refractivity contribution in [1.82, 2.24) is 0 Å². The van der Waals surface area contributed by atoms with Crippen molar-refractivity contribution >= 4 is 5.97 Å². The van der Waals surface area contributed by atoms with Crippen LogP contribution < -0.4 is 0 Å². The van der Waals surface area contributed by atoms with Crippen LogP contribution >= 0.6 is 0 Å². The van der Waals surface area contributed by atoms with E-state index in [1.807, 2.05) is 6.07 Å². The summed E-state index contributed by atoms with van der Waals surface area (Å²) in [6.45, 7) is 0.0876. The van der Waals surface area contributed by atoms with Crippen molar-refractivity contribution in [3.63, 3.8) is 0 Å². The lowest BCUT2D eigenvalue weighted by atomic mass is 10.1. The number of hydrogen-bond donors (Lipinski definition) is 1. The van der Waals surface area contributed by atoms with Gasteiger partial charge in [0.15, 0.2) is 0 Å². The number of hydrogen-bond acceptors (Lipinski definition) is 4. The SMILES string of the molecule is N#CC[C@@H]1C[C@H](CC(=O)O)OCO1. The normalized spacial score (nSPS) is 27.9. The highest BCUT2D eigenvalue weighted by Gasteiger charge is 2.24. The average molecular weight is 185 g/mol. The van der Waals surface area contributed by atoms with Crippen molar-refractivity contribution in [3.8, 4) is 6.07 Å². The molecular formula is C8H11NO4. The number of rotatable bonds is 3. The molecule has 5 nitrogen and oxygen atoms in total. The van der Waals surface area contributed by atoms with Gasteiger partial charge in [-0.3, -0.25) is 4.79 Å². The Morgan fingerprint density at radius 2 is 2.23 bits per heavy atom. The quantitative estimate of drug-likeness (QED) is 0.692. The molecule has 0 aromatic carbocycles. The average Bonchev–Trinajstić information content (AvgIpc) is 2.04. The van der Waals surface area contributed by atoms with Crippen LogP contribution in [0.25, 0.3) is 0 Å². The lowest BCUT2D eigenvalue weighted by Crippen LogP contribution is -2.32. The van der Waals surface area contributed by atoms with Crippen LogP contribution in [0.2, 0.25) is 0 Å². The second-order valence-corrected chi connectivity index (χ2v) is 2.89. The van der Waals surface area contributed by atoms with Crippen LogP contribution in [-0.4, -0.2) is 30.1 Å². The summed E-state index contributed by atoms with van der Waals surface area (Å²) in [7, 11) is 0. The summed E-state index contributed by atoms with van der Waals surface area (Å²) in [5.74, 6) is -0.886. The Morgan fingerprint density at radius 1 is 1.54 bits per heavy atom. The largest absolute Gasteiger partial charge is 0.481 e. The Hall–Kier alpha value is -1.12. The highest BCUT2D eigenvalue weighted by Crippen LogP contribution is 2.17. The summed E-state index contributed by atoms with van der Waals surface area (Å²) in [6, 6.07) is 1.98. The summed E-state index contributed by atoms with van der Waals surface area (Å²) < 4.78 is 10.1. The predicted octanol–water partition coefficient (Wildman–Crippen LogP) is 0.506. The third-order valence-corrected chi connectivity index (χ3v) is 1.85. The number of carbonyl (C=O) groups is 1. The summed E-state index contributed by atoms with van der Waals surface area (Å²) in [5.41, 5.74) is 0. The zero-order chi connectivity index (χ0) is 9.68. The van der Waals surface area contributed by atoms with Gasteiger partial charge >= 0.3 is 5.97 Å². The van der Waals surface area contributed by atoms with Gasteiger partial charge in [0.1, 0.15) is 6.79 Å². The number of nitriles is 1. The maximum atomic E-state index is 10.3. The van der Waals surface area contributed by atoms with E-state index in [-0.39, 0.29) is 25.4 Å².